The molecule has 0 amide bonds. The van der Waals surface area contributed by atoms with Crippen molar-refractivity contribution in [3.63, 3.8) is 0 Å². The van der Waals surface area contributed by atoms with Crippen molar-refractivity contribution in [3.8, 4) is 5.75 Å². The number of carbonyl (C=O) groups excluding carboxylic acids is 1. The van der Waals surface area contributed by atoms with Gasteiger partial charge in [-0.2, -0.15) is 0 Å². The minimum atomic E-state index is -0.247. The average molecular weight is 273 g/mol. The zero-order chi connectivity index (χ0) is 14.2. The number of hydrogen-bond donors (Lipinski definition) is 1. The number of benzene rings is 1. The molecule has 1 aliphatic rings. The van der Waals surface area contributed by atoms with E-state index in [1.807, 2.05) is 18.2 Å². The van der Waals surface area contributed by atoms with Crippen molar-refractivity contribution in [2.75, 3.05) is 14.2 Å². The summed E-state index contributed by atoms with van der Waals surface area (Å²) in [6.07, 6.45) is 5.29. The molecule has 20 heavy (non-hydrogen) atoms. The molecule has 0 radical (unpaired) electrons. The molecule has 3 rings (SSSR count). The third kappa shape index (κ3) is 2.00. The summed E-state index contributed by atoms with van der Waals surface area (Å²) < 4.78 is 10.9. The molecule has 0 saturated heterocycles. The molecule has 1 aliphatic carbocycles. The van der Waals surface area contributed by atoms with Gasteiger partial charge in [-0.15, -0.1) is 0 Å². The summed E-state index contributed by atoms with van der Waals surface area (Å²) >= 11 is 0. The largest absolute Gasteiger partial charge is 0.496 e. The third-order valence-corrected chi connectivity index (χ3v) is 4.37. The number of carbonyl (C=O) groups is 1. The second-order valence-electron chi connectivity index (χ2n) is 5.43. The van der Waals surface area contributed by atoms with Gasteiger partial charge in [0.2, 0.25) is 0 Å². The van der Waals surface area contributed by atoms with Crippen LogP contribution in [0.1, 0.15) is 36.0 Å². The molecule has 1 aromatic heterocycles. The summed E-state index contributed by atoms with van der Waals surface area (Å²) in [6, 6.07) is 5.74. The molecule has 1 saturated carbocycles. The lowest BCUT2D eigenvalue weighted by molar-refractivity contribution is -0.0704. The van der Waals surface area contributed by atoms with Gasteiger partial charge in [0.05, 0.1) is 18.1 Å². The summed E-state index contributed by atoms with van der Waals surface area (Å²) in [6.45, 7) is 0. The second-order valence-corrected chi connectivity index (χ2v) is 5.43. The Kier molecular flexibility index (Phi) is 3.26. The van der Waals surface area contributed by atoms with Crippen LogP contribution in [0.4, 0.5) is 0 Å². The Morgan fingerprint density at radius 2 is 2.15 bits per heavy atom. The predicted octanol–water partition coefficient (Wildman–Crippen LogP) is 3.32. The molecule has 0 unspecified atom stereocenters. The highest BCUT2D eigenvalue weighted by molar-refractivity contribution is 6.10. The summed E-state index contributed by atoms with van der Waals surface area (Å²) in [5, 5.41) is 0.866. The fourth-order valence-corrected chi connectivity index (χ4v) is 2.95. The van der Waals surface area contributed by atoms with Gasteiger partial charge in [0.15, 0.2) is 5.78 Å². The van der Waals surface area contributed by atoms with E-state index in [1.54, 1.807) is 20.4 Å². The van der Waals surface area contributed by atoms with Crippen LogP contribution in [-0.2, 0) is 4.74 Å². The number of aromatic nitrogens is 1. The Morgan fingerprint density at radius 1 is 1.35 bits per heavy atom. The topological polar surface area (TPSA) is 51.3 Å². The molecule has 0 atom stereocenters. The molecule has 4 heteroatoms. The first kappa shape index (κ1) is 13.2. The Labute approximate surface area is 118 Å². The monoisotopic (exact) mass is 273 g/mol. The maximum atomic E-state index is 12.6. The van der Waals surface area contributed by atoms with Crippen LogP contribution in [-0.4, -0.2) is 30.6 Å². The van der Waals surface area contributed by atoms with Gasteiger partial charge in [-0.3, -0.25) is 4.79 Å². The Balaban J connectivity index is 1.95. The first-order valence-corrected chi connectivity index (χ1v) is 6.91. The van der Waals surface area contributed by atoms with Crippen LogP contribution in [0.2, 0.25) is 0 Å². The summed E-state index contributed by atoms with van der Waals surface area (Å²) in [7, 11) is 3.32. The Hall–Kier alpha value is -1.81. The molecule has 1 heterocycles. The maximum Gasteiger partial charge on any atom is 0.168 e. The van der Waals surface area contributed by atoms with Crippen LogP contribution >= 0.6 is 0 Å². The quantitative estimate of drug-likeness (QED) is 0.850. The average Bonchev–Trinajstić information content (AvgIpc) is 2.86. The number of rotatable bonds is 5. The molecular formula is C16H19NO3. The highest BCUT2D eigenvalue weighted by Crippen LogP contribution is 2.40. The number of aromatic amines is 1. The standard InChI is InChI=1S/C16H19NO3/c1-19-14-6-3-5-12-15(14)11(10-17-12)13(18)9-16(20-2)7-4-8-16/h3,5-6,10,17H,4,7-9H2,1-2H3. The van der Waals surface area contributed by atoms with Crippen molar-refractivity contribution in [2.24, 2.45) is 0 Å². The van der Waals surface area contributed by atoms with E-state index >= 15 is 0 Å². The van der Waals surface area contributed by atoms with Gasteiger partial charge in [0.1, 0.15) is 5.75 Å². The first-order chi connectivity index (χ1) is 9.69. The number of methoxy groups -OCH3 is 2. The first-order valence-electron chi connectivity index (χ1n) is 6.91. The van der Waals surface area contributed by atoms with Crippen molar-refractivity contribution >= 4 is 16.7 Å². The van der Waals surface area contributed by atoms with Crippen LogP contribution in [0.25, 0.3) is 10.9 Å². The fraction of sp³-hybridized carbons (Fsp3) is 0.438. The zero-order valence-electron chi connectivity index (χ0n) is 11.9. The van der Waals surface area contributed by atoms with Gasteiger partial charge in [-0.05, 0) is 31.4 Å². The lowest BCUT2D eigenvalue weighted by atomic mass is 9.76. The van der Waals surface area contributed by atoms with E-state index in [0.29, 0.717) is 12.0 Å². The molecule has 0 spiro atoms. The summed E-state index contributed by atoms with van der Waals surface area (Å²) in [5.74, 6) is 0.842. The SMILES string of the molecule is COc1cccc2[nH]cc(C(=O)CC3(OC)CCC3)c12. The molecule has 1 fully saturated rings. The number of ether oxygens (including phenoxy) is 2. The highest BCUT2D eigenvalue weighted by atomic mass is 16.5. The van der Waals surface area contributed by atoms with Gasteiger partial charge in [-0.1, -0.05) is 6.07 Å². The van der Waals surface area contributed by atoms with E-state index in [1.165, 1.54) is 0 Å². The molecule has 0 bridgehead atoms. The summed E-state index contributed by atoms with van der Waals surface area (Å²) in [4.78, 5) is 15.7. The van der Waals surface area contributed by atoms with Crippen LogP contribution < -0.4 is 4.74 Å². The number of fused-ring (bicyclic) bond motifs is 1. The predicted molar refractivity (Wildman–Crippen MR) is 77.4 cm³/mol. The fourth-order valence-electron chi connectivity index (χ4n) is 2.95. The minimum absolute atomic E-state index is 0.113. The second kappa shape index (κ2) is 4.94. The van der Waals surface area contributed by atoms with E-state index in [9.17, 15) is 4.79 Å². The van der Waals surface area contributed by atoms with E-state index in [2.05, 4.69) is 4.98 Å². The van der Waals surface area contributed by atoms with Gasteiger partial charge in [-0.25, -0.2) is 0 Å². The molecule has 106 valence electrons. The molecule has 1 aromatic carbocycles. The maximum absolute atomic E-state index is 12.6. The highest BCUT2D eigenvalue weighted by Gasteiger charge is 2.39. The molecule has 4 nitrogen and oxygen atoms in total. The number of Topliss-reactive ketones (excluding diaryl/α,β-unsaturated/α-hetero) is 1. The van der Waals surface area contributed by atoms with E-state index < -0.39 is 0 Å². The molecule has 1 N–H and O–H groups in total. The van der Waals surface area contributed by atoms with Crippen LogP contribution in [0.5, 0.6) is 5.75 Å². The van der Waals surface area contributed by atoms with Crippen molar-refractivity contribution < 1.29 is 14.3 Å². The van der Waals surface area contributed by atoms with Crippen LogP contribution in [0.3, 0.4) is 0 Å². The van der Waals surface area contributed by atoms with Crippen molar-refractivity contribution in [3.05, 3.63) is 30.0 Å². The Bertz CT molecular complexity index is 635. The van der Waals surface area contributed by atoms with Crippen LogP contribution in [0, 0.1) is 0 Å². The number of hydrogen-bond acceptors (Lipinski definition) is 3. The van der Waals surface area contributed by atoms with E-state index in [4.69, 9.17) is 9.47 Å². The van der Waals surface area contributed by atoms with Gasteiger partial charge < -0.3 is 14.5 Å². The smallest absolute Gasteiger partial charge is 0.168 e. The van der Waals surface area contributed by atoms with Crippen molar-refractivity contribution in [2.45, 2.75) is 31.3 Å². The Morgan fingerprint density at radius 3 is 2.75 bits per heavy atom. The molecule has 0 aliphatic heterocycles. The van der Waals surface area contributed by atoms with Crippen molar-refractivity contribution in [1.82, 2.24) is 4.98 Å². The summed E-state index contributed by atoms with van der Waals surface area (Å²) in [5.41, 5.74) is 1.37. The molecule has 2 aromatic rings. The van der Waals surface area contributed by atoms with Gasteiger partial charge in [0.25, 0.3) is 0 Å². The number of ketones is 1. The van der Waals surface area contributed by atoms with E-state index in [-0.39, 0.29) is 11.4 Å². The lowest BCUT2D eigenvalue weighted by Crippen LogP contribution is -2.41. The van der Waals surface area contributed by atoms with Gasteiger partial charge >= 0.3 is 0 Å². The van der Waals surface area contributed by atoms with Gasteiger partial charge in [0, 0.05) is 30.8 Å². The minimum Gasteiger partial charge on any atom is -0.496 e. The zero-order valence-corrected chi connectivity index (χ0v) is 11.9. The van der Waals surface area contributed by atoms with Crippen LogP contribution in [0.15, 0.2) is 24.4 Å². The molecular weight excluding hydrogens is 254 g/mol. The number of nitrogens with one attached hydrogen (secondary N) is 1. The normalized spacial score (nSPS) is 16.9. The third-order valence-electron chi connectivity index (χ3n) is 4.37. The van der Waals surface area contributed by atoms with Crippen molar-refractivity contribution in [1.29, 1.82) is 0 Å². The number of H-pyrrole nitrogens is 1. The lowest BCUT2D eigenvalue weighted by Gasteiger charge is -2.40. The van der Waals surface area contributed by atoms with E-state index in [0.717, 1.165) is 35.9 Å².